The molecule has 0 saturated heterocycles. The predicted molar refractivity (Wildman–Crippen MR) is 80.5 cm³/mol. The number of nitrogens with zero attached hydrogens (tertiary/aromatic N) is 2. The van der Waals surface area contributed by atoms with Crippen LogP contribution in [0.15, 0.2) is 60.8 Å². The third kappa shape index (κ3) is 1.56. The summed E-state index contributed by atoms with van der Waals surface area (Å²) in [4.78, 5) is 26.4. The van der Waals surface area contributed by atoms with Crippen molar-refractivity contribution in [2.24, 2.45) is 0 Å². The Balaban J connectivity index is 2.00. The van der Waals surface area contributed by atoms with Gasteiger partial charge in [0.1, 0.15) is 5.56 Å². The summed E-state index contributed by atoms with van der Waals surface area (Å²) in [6.07, 6.45) is 1.18. The van der Waals surface area contributed by atoms with Crippen molar-refractivity contribution in [2.45, 2.75) is 0 Å². The van der Waals surface area contributed by atoms with Crippen LogP contribution in [0.5, 0.6) is 0 Å². The third-order valence-corrected chi connectivity index (χ3v) is 3.79. The first-order valence-electron chi connectivity index (χ1n) is 6.77. The maximum atomic E-state index is 12.7. The van der Waals surface area contributed by atoms with Crippen molar-refractivity contribution in [2.75, 3.05) is 4.90 Å². The molecule has 22 heavy (non-hydrogen) atoms. The Morgan fingerprint density at radius 1 is 0.864 bits per heavy atom. The van der Waals surface area contributed by atoms with Crippen molar-refractivity contribution in [3.63, 3.8) is 0 Å². The molecule has 106 valence electrons. The lowest BCUT2D eigenvalue weighted by molar-refractivity contribution is -0.577. The van der Waals surface area contributed by atoms with Gasteiger partial charge in [-0.2, -0.15) is 4.73 Å². The molecule has 2 amide bonds. The molecule has 1 aliphatic heterocycles. The maximum absolute atomic E-state index is 12.7. The highest BCUT2D eigenvalue weighted by Gasteiger charge is 2.40. The van der Waals surface area contributed by atoms with Gasteiger partial charge < -0.3 is 5.21 Å². The van der Waals surface area contributed by atoms with E-state index in [4.69, 9.17) is 0 Å². The number of carbonyl (C=O) groups excluding carboxylic acids is 2. The first-order chi connectivity index (χ1) is 10.7. The standard InChI is InChI=1S/C17H10N2O3/c20-16-13-10-18(22)14-9-5-4-8-12(14)15(13)17(21)19(16)11-6-2-1-3-7-11/h1-10H. The molecule has 1 aliphatic rings. The fourth-order valence-corrected chi connectivity index (χ4v) is 2.80. The van der Waals surface area contributed by atoms with Gasteiger partial charge in [0.05, 0.1) is 16.6 Å². The van der Waals surface area contributed by atoms with E-state index < -0.39 is 11.8 Å². The summed E-state index contributed by atoms with van der Waals surface area (Å²) >= 11 is 0. The fraction of sp³-hybridized carbons (Fsp3) is 0. The van der Waals surface area contributed by atoms with Gasteiger partial charge in [-0.05, 0) is 18.2 Å². The topological polar surface area (TPSA) is 64.3 Å². The highest BCUT2D eigenvalue weighted by molar-refractivity contribution is 6.37. The Morgan fingerprint density at radius 3 is 2.32 bits per heavy atom. The molecule has 0 bridgehead atoms. The molecule has 0 unspecified atom stereocenters. The lowest BCUT2D eigenvalue weighted by Gasteiger charge is -2.12. The zero-order valence-electron chi connectivity index (χ0n) is 11.4. The van der Waals surface area contributed by atoms with Crippen molar-refractivity contribution in [3.8, 4) is 0 Å². The molecule has 0 saturated carbocycles. The molecule has 3 aromatic rings. The van der Waals surface area contributed by atoms with Crippen molar-refractivity contribution in [1.82, 2.24) is 0 Å². The van der Waals surface area contributed by atoms with Crippen molar-refractivity contribution in [1.29, 1.82) is 0 Å². The van der Waals surface area contributed by atoms with E-state index in [-0.39, 0.29) is 11.1 Å². The number of hydrogen-bond donors (Lipinski definition) is 0. The van der Waals surface area contributed by atoms with Gasteiger partial charge in [0.2, 0.25) is 5.52 Å². The number of imide groups is 1. The average Bonchev–Trinajstić information content (AvgIpc) is 2.80. The van der Waals surface area contributed by atoms with Gasteiger partial charge in [-0.25, -0.2) is 4.90 Å². The van der Waals surface area contributed by atoms with Crippen LogP contribution in [0.2, 0.25) is 0 Å². The van der Waals surface area contributed by atoms with E-state index in [0.717, 1.165) is 4.90 Å². The summed E-state index contributed by atoms with van der Waals surface area (Å²) in [6.45, 7) is 0. The molecule has 2 heterocycles. The van der Waals surface area contributed by atoms with E-state index in [1.807, 2.05) is 6.07 Å². The van der Waals surface area contributed by atoms with Gasteiger partial charge in [-0.3, -0.25) is 9.59 Å². The number of fused-ring (bicyclic) bond motifs is 3. The van der Waals surface area contributed by atoms with Crippen molar-refractivity contribution in [3.05, 3.63) is 77.1 Å². The second-order valence-electron chi connectivity index (χ2n) is 5.04. The Hall–Kier alpha value is -3.21. The van der Waals surface area contributed by atoms with Crippen LogP contribution in [0.1, 0.15) is 20.7 Å². The smallest absolute Gasteiger partial charge is 0.272 e. The summed E-state index contributed by atoms with van der Waals surface area (Å²) in [7, 11) is 0. The average molecular weight is 290 g/mol. The fourth-order valence-electron chi connectivity index (χ4n) is 2.80. The minimum absolute atomic E-state index is 0.141. The van der Waals surface area contributed by atoms with E-state index in [2.05, 4.69) is 0 Å². The number of pyridine rings is 1. The summed E-state index contributed by atoms with van der Waals surface area (Å²) in [5, 5.41) is 12.6. The number of rotatable bonds is 1. The lowest BCUT2D eigenvalue weighted by Crippen LogP contribution is -2.30. The Bertz CT molecular complexity index is 935. The molecular formula is C17H10N2O3. The van der Waals surface area contributed by atoms with Crippen LogP contribution in [-0.4, -0.2) is 11.8 Å². The number of aromatic nitrogens is 1. The zero-order valence-corrected chi connectivity index (χ0v) is 11.4. The van der Waals surface area contributed by atoms with Gasteiger partial charge in [0.15, 0.2) is 6.20 Å². The quantitative estimate of drug-likeness (QED) is 0.392. The summed E-state index contributed by atoms with van der Waals surface area (Å²) in [5.41, 5.74) is 1.30. The molecule has 0 radical (unpaired) electrons. The molecule has 5 heteroatoms. The molecular weight excluding hydrogens is 280 g/mol. The maximum Gasteiger partial charge on any atom is 0.272 e. The Labute approximate surface area is 125 Å². The van der Waals surface area contributed by atoms with Gasteiger partial charge in [0.25, 0.3) is 11.8 Å². The number of para-hydroxylation sites is 2. The summed E-state index contributed by atoms with van der Waals surface area (Å²) < 4.78 is 0.633. The second-order valence-corrected chi connectivity index (χ2v) is 5.04. The van der Waals surface area contributed by atoms with Crippen LogP contribution >= 0.6 is 0 Å². The van der Waals surface area contributed by atoms with E-state index in [0.29, 0.717) is 21.3 Å². The molecule has 0 spiro atoms. The van der Waals surface area contributed by atoms with Crippen molar-refractivity contribution < 1.29 is 14.3 Å². The second kappa shape index (κ2) is 4.39. The van der Waals surface area contributed by atoms with Crippen LogP contribution in [0, 0.1) is 5.21 Å². The number of hydrogen-bond acceptors (Lipinski definition) is 3. The monoisotopic (exact) mass is 290 g/mol. The molecule has 0 N–H and O–H groups in total. The van der Waals surface area contributed by atoms with Crippen LogP contribution in [0.3, 0.4) is 0 Å². The number of anilines is 1. The van der Waals surface area contributed by atoms with Crippen LogP contribution < -0.4 is 9.63 Å². The first-order valence-corrected chi connectivity index (χ1v) is 6.77. The molecule has 2 aromatic carbocycles. The SMILES string of the molecule is O=C1c2c[n+]([O-])c3ccccc3c2C(=O)N1c1ccccc1. The van der Waals surface area contributed by atoms with Crippen molar-refractivity contribution >= 4 is 28.4 Å². The Morgan fingerprint density at radius 2 is 1.55 bits per heavy atom. The third-order valence-electron chi connectivity index (χ3n) is 3.79. The highest BCUT2D eigenvalue weighted by atomic mass is 16.5. The predicted octanol–water partition coefficient (Wildman–Crippen LogP) is 2.27. The molecule has 0 fully saturated rings. The number of amides is 2. The van der Waals surface area contributed by atoms with Crippen LogP contribution in [0.4, 0.5) is 5.69 Å². The van der Waals surface area contributed by atoms with Crippen LogP contribution in [-0.2, 0) is 0 Å². The minimum Gasteiger partial charge on any atom is -0.618 e. The normalized spacial score (nSPS) is 13.7. The number of benzene rings is 2. The first kappa shape index (κ1) is 12.5. The number of carbonyl (C=O) groups is 2. The van der Waals surface area contributed by atoms with E-state index >= 15 is 0 Å². The van der Waals surface area contributed by atoms with E-state index in [1.54, 1.807) is 48.5 Å². The lowest BCUT2D eigenvalue weighted by atomic mass is 10.1. The highest BCUT2D eigenvalue weighted by Crippen LogP contribution is 2.31. The van der Waals surface area contributed by atoms with E-state index in [1.165, 1.54) is 6.20 Å². The van der Waals surface area contributed by atoms with Crippen LogP contribution in [0.25, 0.3) is 10.9 Å². The summed E-state index contributed by atoms with van der Waals surface area (Å²) in [5.74, 6) is -0.871. The van der Waals surface area contributed by atoms with Gasteiger partial charge in [0, 0.05) is 6.07 Å². The molecule has 0 atom stereocenters. The Kier molecular flexibility index (Phi) is 2.50. The molecule has 5 nitrogen and oxygen atoms in total. The molecule has 4 rings (SSSR count). The van der Waals surface area contributed by atoms with E-state index in [9.17, 15) is 14.8 Å². The zero-order chi connectivity index (χ0) is 15.3. The molecule has 0 aliphatic carbocycles. The van der Waals surface area contributed by atoms with Gasteiger partial charge in [-0.15, -0.1) is 0 Å². The summed E-state index contributed by atoms with van der Waals surface area (Å²) in [6, 6.07) is 15.5. The molecule has 1 aromatic heterocycles. The van der Waals surface area contributed by atoms with Gasteiger partial charge in [-0.1, -0.05) is 30.3 Å². The van der Waals surface area contributed by atoms with Gasteiger partial charge >= 0.3 is 0 Å². The largest absolute Gasteiger partial charge is 0.618 e. The minimum atomic E-state index is -0.471.